The van der Waals surface area contributed by atoms with Gasteiger partial charge < -0.3 is 4.90 Å². The van der Waals surface area contributed by atoms with Gasteiger partial charge in [-0.2, -0.15) is 22.7 Å². The molecule has 7 heteroatoms. The number of rotatable bonds is 7. The van der Waals surface area contributed by atoms with Gasteiger partial charge in [-0.3, -0.25) is 0 Å². The van der Waals surface area contributed by atoms with Crippen LogP contribution < -0.4 is 4.72 Å². The molecule has 0 amide bonds. The molecule has 1 heterocycles. The molecule has 0 bridgehead atoms. The predicted molar refractivity (Wildman–Crippen MR) is 79.2 cm³/mol. The van der Waals surface area contributed by atoms with E-state index in [2.05, 4.69) is 16.5 Å². The Morgan fingerprint density at radius 2 is 2.25 bits per heavy atom. The summed E-state index contributed by atoms with van der Waals surface area (Å²) in [5.74, 6) is 0.686. The fourth-order valence-electron chi connectivity index (χ4n) is 2.55. The van der Waals surface area contributed by atoms with Crippen molar-refractivity contribution in [3.63, 3.8) is 0 Å². The van der Waals surface area contributed by atoms with Crippen LogP contribution in [0.15, 0.2) is 0 Å². The van der Waals surface area contributed by atoms with E-state index in [0.717, 1.165) is 19.6 Å². The first-order valence-corrected chi connectivity index (χ1v) is 8.62. The monoisotopic (exact) mass is 302 g/mol. The number of nitrogens with zero attached hydrogens (tertiary/aromatic N) is 3. The molecule has 1 rings (SSSR count). The lowest BCUT2D eigenvalue weighted by molar-refractivity contribution is 0.174. The van der Waals surface area contributed by atoms with Gasteiger partial charge in [0.05, 0.1) is 6.07 Å². The molecule has 0 aromatic heterocycles. The molecule has 6 nitrogen and oxygen atoms in total. The molecule has 1 saturated heterocycles. The van der Waals surface area contributed by atoms with Crippen molar-refractivity contribution in [2.45, 2.75) is 39.2 Å². The highest BCUT2D eigenvalue weighted by molar-refractivity contribution is 7.87. The van der Waals surface area contributed by atoms with Crippen LogP contribution in [0.3, 0.4) is 0 Å². The molecular formula is C13H26N4O2S. The first kappa shape index (κ1) is 17.4. The van der Waals surface area contributed by atoms with Gasteiger partial charge >= 0.3 is 0 Å². The lowest BCUT2D eigenvalue weighted by Crippen LogP contribution is -2.48. The second-order valence-electron chi connectivity index (χ2n) is 5.76. The summed E-state index contributed by atoms with van der Waals surface area (Å²) < 4.78 is 28.0. The number of likely N-dealkylation sites (tertiary alicyclic amines) is 1. The molecule has 0 aromatic rings. The average molecular weight is 302 g/mol. The molecule has 0 radical (unpaired) electrons. The molecule has 0 saturated carbocycles. The minimum atomic E-state index is -3.49. The SMILES string of the molecule is C[C@@H]1CCCN(C[C@@H](C)NS(=O)(=O)N(C)CCC#N)C1. The Labute approximate surface area is 122 Å². The first-order chi connectivity index (χ1) is 9.35. The van der Waals surface area contributed by atoms with Crippen molar-refractivity contribution in [3.8, 4) is 6.07 Å². The van der Waals surface area contributed by atoms with Crippen molar-refractivity contribution in [2.24, 2.45) is 5.92 Å². The van der Waals surface area contributed by atoms with Crippen LogP contribution in [0.1, 0.15) is 33.1 Å². The molecule has 1 aliphatic rings. The summed E-state index contributed by atoms with van der Waals surface area (Å²) in [6.07, 6.45) is 2.64. The zero-order chi connectivity index (χ0) is 15.2. The Hall–Kier alpha value is -0.680. The zero-order valence-corrected chi connectivity index (χ0v) is 13.5. The minimum Gasteiger partial charge on any atom is -0.301 e. The average Bonchev–Trinajstić information content (AvgIpc) is 2.34. The van der Waals surface area contributed by atoms with Crippen LogP contribution in [0, 0.1) is 17.2 Å². The third kappa shape index (κ3) is 5.75. The molecule has 1 aliphatic heterocycles. The van der Waals surface area contributed by atoms with Crippen LogP contribution in [-0.4, -0.2) is 56.9 Å². The van der Waals surface area contributed by atoms with Crippen molar-refractivity contribution in [1.29, 1.82) is 5.26 Å². The van der Waals surface area contributed by atoms with E-state index < -0.39 is 10.2 Å². The van der Waals surface area contributed by atoms with Crippen LogP contribution in [0.5, 0.6) is 0 Å². The quantitative estimate of drug-likeness (QED) is 0.754. The summed E-state index contributed by atoms with van der Waals surface area (Å²) in [6, 6.07) is 1.82. The largest absolute Gasteiger partial charge is 0.301 e. The van der Waals surface area contributed by atoms with Gasteiger partial charge in [-0.1, -0.05) is 6.92 Å². The Kier molecular flexibility index (Phi) is 6.89. The van der Waals surface area contributed by atoms with E-state index >= 15 is 0 Å². The second kappa shape index (κ2) is 7.93. The summed E-state index contributed by atoms with van der Waals surface area (Å²) in [7, 11) is -2.00. The number of piperidine rings is 1. The van der Waals surface area contributed by atoms with Gasteiger partial charge in [0.1, 0.15) is 0 Å². The van der Waals surface area contributed by atoms with Crippen molar-refractivity contribution < 1.29 is 8.42 Å². The normalized spacial score (nSPS) is 22.6. The maximum atomic E-state index is 12.0. The van der Waals surface area contributed by atoms with Crippen molar-refractivity contribution >= 4 is 10.2 Å². The van der Waals surface area contributed by atoms with Gasteiger partial charge in [0.2, 0.25) is 0 Å². The van der Waals surface area contributed by atoms with Crippen molar-refractivity contribution in [3.05, 3.63) is 0 Å². The number of hydrogen-bond donors (Lipinski definition) is 1. The third-order valence-electron chi connectivity index (χ3n) is 3.57. The summed E-state index contributed by atoms with van der Waals surface area (Å²) in [4.78, 5) is 2.32. The van der Waals surface area contributed by atoms with E-state index in [0.29, 0.717) is 5.92 Å². The molecule has 0 unspecified atom stereocenters. The first-order valence-electron chi connectivity index (χ1n) is 7.18. The Balaban J connectivity index is 2.44. The number of hydrogen-bond acceptors (Lipinski definition) is 4. The predicted octanol–water partition coefficient (Wildman–Crippen LogP) is 0.787. The van der Waals surface area contributed by atoms with Crippen LogP contribution in [0.25, 0.3) is 0 Å². The van der Waals surface area contributed by atoms with E-state index in [1.165, 1.54) is 24.2 Å². The van der Waals surface area contributed by atoms with Gasteiger partial charge in [-0.15, -0.1) is 0 Å². The molecule has 2 atom stereocenters. The number of nitriles is 1. The molecule has 0 aromatic carbocycles. The topological polar surface area (TPSA) is 76.4 Å². The fraction of sp³-hybridized carbons (Fsp3) is 0.923. The smallest absolute Gasteiger partial charge is 0.279 e. The van der Waals surface area contributed by atoms with Gasteiger partial charge in [0.15, 0.2) is 0 Å². The van der Waals surface area contributed by atoms with E-state index in [1.807, 2.05) is 13.0 Å². The van der Waals surface area contributed by atoms with E-state index in [-0.39, 0.29) is 19.0 Å². The van der Waals surface area contributed by atoms with E-state index in [4.69, 9.17) is 5.26 Å². The summed E-state index contributed by atoms with van der Waals surface area (Å²) in [6.45, 7) is 7.15. The third-order valence-corrected chi connectivity index (χ3v) is 5.28. The molecule has 0 spiro atoms. The van der Waals surface area contributed by atoms with Crippen LogP contribution in [0.2, 0.25) is 0 Å². The second-order valence-corrected chi connectivity index (χ2v) is 7.57. The molecule has 116 valence electrons. The van der Waals surface area contributed by atoms with Crippen LogP contribution in [-0.2, 0) is 10.2 Å². The van der Waals surface area contributed by atoms with Crippen LogP contribution >= 0.6 is 0 Å². The minimum absolute atomic E-state index is 0.130. The molecule has 20 heavy (non-hydrogen) atoms. The Bertz CT molecular complexity index is 432. The molecular weight excluding hydrogens is 276 g/mol. The van der Waals surface area contributed by atoms with E-state index in [1.54, 1.807) is 0 Å². The maximum Gasteiger partial charge on any atom is 0.279 e. The van der Waals surface area contributed by atoms with Gasteiger partial charge in [-0.05, 0) is 32.2 Å². The highest BCUT2D eigenvalue weighted by atomic mass is 32.2. The van der Waals surface area contributed by atoms with Gasteiger partial charge in [-0.25, -0.2) is 0 Å². The maximum absolute atomic E-state index is 12.0. The summed E-state index contributed by atoms with van der Waals surface area (Å²) in [5.41, 5.74) is 0. The molecule has 1 fully saturated rings. The molecule has 0 aliphatic carbocycles. The summed E-state index contributed by atoms with van der Waals surface area (Å²) >= 11 is 0. The number of nitrogens with one attached hydrogen (secondary N) is 1. The highest BCUT2D eigenvalue weighted by Crippen LogP contribution is 2.15. The van der Waals surface area contributed by atoms with Gasteiger partial charge in [0, 0.05) is 39.1 Å². The highest BCUT2D eigenvalue weighted by Gasteiger charge is 2.23. The van der Waals surface area contributed by atoms with Crippen LogP contribution in [0.4, 0.5) is 0 Å². The Morgan fingerprint density at radius 1 is 1.55 bits per heavy atom. The zero-order valence-electron chi connectivity index (χ0n) is 12.7. The van der Waals surface area contributed by atoms with Gasteiger partial charge in [0.25, 0.3) is 10.2 Å². The fourth-order valence-corrected chi connectivity index (χ4v) is 3.64. The van der Waals surface area contributed by atoms with E-state index in [9.17, 15) is 8.42 Å². The molecule has 1 N–H and O–H groups in total. The Morgan fingerprint density at radius 3 is 2.85 bits per heavy atom. The lowest BCUT2D eigenvalue weighted by atomic mass is 10.00. The standard InChI is InChI=1S/C13H26N4O2S/c1-12-6-4-9-17(10-12)11-13(2)15-20(18,19)16(3)8-5-7-14/h12-13,15H,4-6,8-11H2,1-3H3/t12-,13-/m1/s1. The lowest BCUT2D eigenvalue weighted by Gasteiger charge is -2.33. The van der Waals surface area contributed by atoms with Crippen molar-refractivity contribution in [2.75, 3.05) is 33.2 Å². The summed E-state index contributed by atoms with van der Waals surface area (Å²) in [5, 5.41) is 8.51. The van der Waals surface area contributed by atoms with Crippen molar-refractivity contribution in [1.82, 2.24) is 13.9 Å².